The zero-order chi connectivity index (χ0) is 14.4. The Bertz CT molecular complexity index is 464. The SMILES string of the molecule is COC(=O)[C@@H]1CN(C(=O)OCc2ccccc2)CCN1. The molecule has 6 heteroatoms. The lowest BCUT2D eigenvalue weighted by atomic mass is 10.2. The Balaban J connectivity index is 1.84. The fourth-order valence-corrected chi connectivity index (χ4v) is 2.03. The summed E-state index contributed by atoms with van der Waals surface area (Å²) < 4.78 is 9.90. The molecule has 20 heavy (non-hydrogen) atoms. The summed E-state index contributed by atoms with van der Waals surface area (Å²) in [4.78, 5) is 24.9. The van der Waals surface area contributed by atoms with Crippen molar-refractivity contribution < 1.29 is 19.1 Å². The molecule has 0 aliphatic carbocycles. The molecule has 0 aromatic heterocycles. The highest BCUT2D eigenvalue weighted by molar-refractivity contribution is 5.77. The lowest BCUT2D eigenvalue weighted by Crippen LogP contribution is -2.56. The van der Waals surface area contributed by atoms with Crippen molar-refractivity contribution in [2.24, 2.45) is 0 Å². The largest absolute Gasteiger partial charge is 0.468 e. The Labute approximate surface area is 117 Å². The zero-order valence-corrected chi connectivity index (χ0v) is 11.4. The maximum absolute atomic E-state index is 12.0. The number of carbonyl (C=O) groups is 2. The number of ether oxygens (including phenoxy) is 2. The second-order valence-electron chi connectivity index (χ2n) is 4.52. The highest BCUT2D eigenvalue weighted by Gasteiger charge is 2.29. The van der Waals surface area contributed by atoms with E-state index in [-0.39, 0.29) is 19.1 Å². The first-order valence-electron chi connectivity index (χ1n) is 6.47. The Morgan fingerprint density at radius 2 is 2.10 bits per heavy atom. The van der Waals surface area contributed by atoms with E-state index in [9.17, 15) is 9.59 Å². The first-order chi connectivity index (χ1) is 9.70. The van der Waals surface area contributed by atoms with E-state index in [2.05, 4.69) is 10.1 Å². The van der Waals surface area contributed by atoms with Crippen LogP contribution in [-0.4, -0.2) is 49.7 Å². The number of esters is 1. The molecule has 1 aliphatic heterocycles. The van der Waals surface area contributed by atoms with Gasteiger partial charge in [0.2, 0.25) is 0 Å². The van der Waals surface area contributed by atoms with E-state index < -0.39 is 12.1 Å². The van der Waals surface area contributed by atoms with Crippen molar-refractivity contribution in [3.63, 3.8) is 0 Å². The lowest BCUT2D eigenvalue weighted by Gasteiger charge is -2.31. The van der Waals surface area contributed by atoms with Crippen LogP contribution in [0.4, 0.5) is 4.79 Å². The molecule has 108 valence electrons. The fraction of sp³-hybridized carbons (Fsp3) is 0.429. The summed E-state index contributed by atoms with van der Waals surface area (Å²) in [7, 11) is 1.33. The molecular weight excluding hydrogens is 260 g/mol. The Morgan fingerprint density at radius 3 is 2.80 bits per heavy atom. The molecule has 1 aliphatic rings. The van der Waals surface area contributed by atoms with Crippen LogP contribution >= 0.6 is 0 Å². The summed E-state index contributed by atoms with van der Waals surface area (Å²) in [6.07, 6.45) is -0.413. The van der Waals surface area contributed by atoms with Crippen LogP contribution in [0.15, 0.2) is 30.3 Å². The molecule has 1 aromatic carbocycles. The third-order valence-corrected chi connectivity index (χ3v) is 3.12. The molecule has 1 aromatic rings. The summed E-state index contributed by atoms with van der Waals surface area (Å²) in [6.45, 7) is 1.55. The van der Waals surface area contributed by atoms with Gasteiger partial charge in [-0.05, 0) is 5.56 Å². The molecule has 0 bridgehead atoms. The number of nitrogens with zero attached hydrogens (tertiary/aromatic N) is 1. The van der Waals surface area contributed by atoms with Gasteiger partial charge in [-0.25, -0.2) is 4.79 Å². The molecule has 1 atom stereocenters. The van der Waals surface area contributed by atoms with Crippen LogP contribution < -0.4 is 5.32 Å². The van der Waals surface area contributed by atoms with E-state index in [1.54, 1.807) is 0 Å². The molecule has 1 amide bonds. The number of hydrogen-bond acceptors (Lipinski definition) is 5. The van der Waals surface area contributed by atoms with E-state index in [0.29, 0.717) is 13.1 Å². The van der Waals surface area contributed by atoms with Crippen LogP contribution in [0.5, 0.6) is 0 Å². The van der Waals surface area contributed by atoms with Crippen molar-refractivity contribution >= 4 is 12.1 Å². The number of hydrogen-bond donors (Lipinski definition) is 1. The van der Waals surface area contributed by atoms with Crippen LogP contribution in [-0.2, 0) is 20.9 Å². The van der Waals surface area contributed by atoms with E-state index in [1.165, 1.54) is 12.0 Å². The molecule has 1 fully saturated rings. The van der Waals surface area contributed by atoms with Gasteiger partial charge in [0.15, 0.2) is 0 Å². The summed E-state index contributed by atoms with van der Waals surface area (Å²) in [5.41, 5.74) is 0.931. The molecule has 2 rings (SSSR count). The normalized spacial score (nSPS) is 18.4. The van der Waals surface area contributed by atoms with Crippen LogP contribution in [0.3, 0.4) is 0 Å². The maximum atomic E-state index is 12.0. The summed E-state index contributed by atoms with van der Waals surface area (Å²) in [6, 6.07) is 8.98. The second kappa shape index (κ2) is 6.91. The minimum atomic E-state index is -0.488. The summed E-state index contributed by atoms with van der Waals surface area (Å²) in [5, 5.41) is 3.00. The van der Waals surface area contributed by atoms with E-state index in [0.717, 1.165) is 5.56 Å². The van der Waals surface area contributed by atoms with Gasteiger partial charge in [0.05, 0.1) is 13.7 Å². The quantitative estimate of drug-likeness (QED) is 0.827. The Morgan fingerprint density at radius 1 is 1.35 bits per heavy atom. The minimum absolute atomic E-state index is 0.229. The number of nitrogens with one attached hydrogen (secondary N) is 1. The highest BCUT2D eigenvalue weighted by atomic mass is 16.6. The molecule has 0 radical (unpaired) electrons. The van der Waals surface area contributed by atoms with Gasteiger partial charge in [-0.15, -0.1) is 0 Å². The highest BCUT2D eigenvalue weighted by Crippen LogP contribution is 2.06. The fourth-order valence-electron chi connectivity index (χ4n) is 2.03. The molecule has 0 saturated carbocycles. The van der Waals surface area contributed by atoms with Gasteiger partial charge < -0.3 is 19.7 Å². The van der Waals surface area contributed by atoms with Crippen molar-refractivity contribution in [2.75, 3.05) is 26.7 Å². The third-order valence-electron chi connectivity index (χ3n) is 3.12. The van der Waals surface area contributed by atoms with Gasteiger partial charge in [-0.1, -0.05) is 30.3 Å². The van der Waals surface area contributed by atoms with Crippen molar-refractivity contribution in [2.45, 2.75) is 12.6 Å². The topological polar surface area (TPSA) is 67.9 Å². The predicted molar refractivity (Wildman–Crippen MR) is 72.0 cm³/mol. The van der Waals surface area contributed by atoms with Gasteiger partial charge >= 0.3 is 12.1 Å². The van der Waals surface area contributed by atoms with Gasteiger partial charge in [-0.3, -0.25) is 4.79 Å². The van der Waals surface area contributed by atoms with Crippen molar-refractivity contribution in [1.82, 2.24) is 10.2 Å². The van der Waals surface area contributed by atoms with Gasteiger partial charge in [0.25, 0.3) is 0 Å². The number of amides is 1. The number of methoxy groups -OCH3 is 1. The van der Waals surface area contributed by atoms with Crippen molar-refractivity contribution in [1.29, 1.82) is 0 Å². The summed E-state index contributed by atoms with van der Waals surface area (Å²) in [5.74, 6) is -0.370. The third kappa shape index (κ3) is 3.71. The average Bonchev–Trinajstić information content (AvgIpc) is 2.53. The standard InChI is InChI=1S/C14H18N2O4/c1-19-13(17)12-9-16(8-7-15-12)14(18)20-10-11-5-3-2-4-6-11/h2-6,12,15H,7-10H2,1H3/t12-/m0/s1. The monoisotopic (exact) mass is 278 g/mol. The van der Waals surface area contributed by atoms with Crippen LogP contribution in [0, 0.1) is 0 Å². The minimum Gasteiger partial charge on any atom is -0.468 e. The van der Waals surface area contributed by atoms with Gasteiger partial charge in [0.1, 0.15) is 12.6 Å². The number of rotatable bonds is 3. The van der Waals surface area contributed by atoms with Gasteiger partial charge in [-0.2, -0.15) is 0 Å². The maximum Gasteiger partial charge on any atom is 0.410 e. The number of carbonyl (C=O) groups excluding carboxylic acids is 2. The molecule has 1 saturated heterocycles. The Kier molecular flexibility index (Phi) is 4.95. The van der Waals surface area contributed by atoms with E-state index in [1.807, 2.05) is 30.3 Å². The number of piperazine rings is 1. The van der Waals surface area contributed by atoms with Crippen LogP contribution in [0.25, 0.3) is 0 Å². The molecule has 0 spiro atoms. The first-order valence-corrected chi connectivity index (χ1v) is 6.47. The van der Waals surface area contributed by atoms with Gasteiger partial charge in [0, 0.05) is 13.1 Å². The smallest absolute Gasteiger partial charge is 0.410 e. The molecular formula is C14H18N2O4. The summed E-state index contributed by atoms with van der Waals surface area (Å²) >= 11 is 0. The van der Waals surface area contributed by atoms with Crippen molar-refractivity contribution in [3.05, 3.63) is 35.9 Å². The average molecular weight is 278 g/mol. The zero-order valence-electron chi connectivity index (χ0n) is 11.4. The molecule has 1 N–H and O–H groups in total. The van der Waals surface area contributed by atoms with E-state index in [4.69, 9.17) is 4.74 Å². The predicted octanol–water partition coefficient (Wildman–Crippen LogP) is 0.770. The molecule has 6 nitrogen and oxygen atoms in total. The Hall–Kier alpha value is -2.08. The van der Waals surface area contributed by atoms with Crippen LogP contribution in [0.1, 0.15) is 5.56 Å². The molecule has 1 heterocycles. The van der Waals surface area contributed by atoms with Crippen LogP contribution in [0.2, 0.25) is 0 Å². The molecule has 0 unspecified atom stereocenters. The number of benzene rings is 1. The van der Waals surface area contributed by atoms with E-state index >= 15 is 0 Å². The first kappa shape index (κ1) is 14.3. The van der Waals surface area contributed by atoms with Crippen molar-refractivity contribution in [3.8, 4) is 0 Å². The second-order valence-corrected chi connectivity index (χ2v) is 4.52. The lowest BCUT2D eigenvalue weighted by molar-refractivity contribution is -0.144.